The van der Waals surface area contributed by atoms with E-state index >= 15 is 0 Å². The zero-order valence-electron chi connectivity index (χ0n) is 31.3. The van der Waals surface area contributed by atoms with Crippen LogP contribution in [0.3, 0.4) is 0 Å². The number of nitrogens with one attached hydrogen (secondary N) is 1. The highest BCUT2D eigenvalue weighted by atomic mass is 16.6. The molecule has 1 aliphatic heterocycles. The number of non-ortho nitro benzene ring substituents is 1. The van der Waals surface area contributed by atoms with Crippen LogP contribution >= 0.6 is 0 Å². The standard InChI is InChI=1S/C43H44N4O8/c1-5-21-53-39-23-30(13-12-29(39)11-8-28-9-15-33(16-10-28)47(49)50)35-19-17-34(25-41(35)52-4)55-43(48)36-18-14-32(24-40(36)51-3)45-27-54-42-26-38-31(22-37(42)44)7-6-20-46(38)2/h8-19,22-26,45H,5-7,20-21,27,44H2,1-4H3/b11-8+. The van der Waals surface area contributed by atoms with Crippen LogP contribution in [0.15, 0.2) is 91.0 Å². The van der Waals surface area contributed by atoms with Gasteiger partial charge in [0.25, 0.3) is 5.69 Å². The van der Waals surface area contributed by atoms with E-state index < -0.39 is 10.9 Å². The molecule has 0 radical (unpaired) electrons. The van der Waals surface area contributed by atoms with Gasteiger partial charge >= 0.3 is 5.97 Å². The number of nitro benzene ring substituents is 1. The van der Waals surface area contributed by atoms with E-state index in [0.29, 0.717) is 46.7 Å². The van der Waals surface area contributed by atoms with E-state index in [1.807, 2.05) is 55.5 Å². The van der Waals surface area contributed by atoms with Gasteiger partial charge in [-0.05, 0) is 84.5 Å². The molecule has 1 aliphatic rings. The molecular formula is C43H44N4O8. The number of methoxy groups -OCH3 is 2. The molecule has 0 spiro atoms. The molecule has 0 aliphatic carbocycles. The molecule has 55 heavy (non-hydrogen) atoms. The molecule has 5 aromatic carbocycles. The van der Waals surface area contributed by atoms with Gasteiger partial charge in [-0.25, -0.2) is 4.79 Å². The Morgan fingerprint density at radius 1 is 0.891 bits per heavy atom. The van der Waals surface area contributed by atoms with Crippen molar-refractivity contribution in [3.8, 4) is 39.9 Å². The summed E-state index contributed by atoms with van der Waals surface area (Å²) in [6.07, 6.45) is 6.70. The number of ether oxygens (including phenoxy) is 5. The molecule has 0 fully saturated rings. The quantitative estimate of drug-likeness (QED) is 0.0201. The molecule has 3 N–H and O–H groups in total. The lowest BCUT2D eigenvalue weighted by atomic mass is 10.0. The van der Waals surface area contributed by atoms with Gasteiger partial charge in [0.05, 0.1) is 31.4 Å². The second-order valence-corrected chi connectivity index (χ2v) is 13.0. The maximum atomic E-state index is 13.4. The average molecular weight is 745 g/mol. The molecule has 12 nitrogen and oxygen atoms in total. The number of nitrogens with zero attached hydrogens (tertiary/aromatic N) is 2. The number of rotatable bonds is 15. The number of anilines is 3. The predicted octanol–water partition coefficient (Wildman–Crippen LogP) is 8.87. The molecule has 0 atom stereocenters. The third-order valence-corrected chi connectivity index (χ3v) is 9.22. The number of fused-ring (bicyclic) bond motifs is 1. The summed E-state index contributed by atoms with van der Waals surface area (Å²) in [6.45, 7) is 3.69. The first-order valence-corrected chi connectivity index (χ1v) is 18.0. The predicted molar refractivity (Wildman–Crippen MR) is 216 cm³/mol. The number of hydrogen-bond donors (Lipinski definition) is 2. The van der Waals surface area contributed by atoms with E-state index in [1.54, 1.807) is 49.6 Å². The van der Waals surface area contributed by atoms with Crippen molar-refractivity contribution >= 4 is 40.9 Å². The highest BCUT2D eigenvalue weighted by molar-refractivity contribution is 5.95. The van der Waals surface area contributed by atoms with Gasteiger partial charge < -0.3 is 39.6 Å². The molecule has 0 unspecified atom stereocenters. The molecular weight excluding hydrogens is 700 g/mol. The summed E-state index contributed by atoms with van der Waals surface area (Å²) in [5, 5.41) is 14.2. The van der Waals surface area contributed by atoms with Gasteiger partial charge in [-0.2, -0.15) is 0 Å². The van der Waals surface area contributed by atoms with Crippen molar-refractivity contribution in [1.82, 2.24) is 0 Å². The van der Waals surface area contributed by atoms with Gasteiger partial charge in [0.1, 0.15) is 34.3 Å². The second-order valence-electron chi connectivity index (χ2n) is 13.0. The first-order chi connectivity index (χ1) is 26.7. The van der Waals surface area contributed by atoms with Crippen LogP contribution < -0.4 is 39.6 Å². The Morgan fingerprint density at radius 3 is 2.44 bits per heavy atom. The molecule has 0 saturated heterocycles. The van der Waals surface area contributed by atoms with Crippen LogP contribution in [0.25, 0.3) is 23.3 Å². The maximum Gasteiger partial charge on any atom is 0.347 e. The van der Waals surface area contributed by atoms with Gasteiger partial charge in [0, 0.05) is 66.4 Å². The number of nitrogens with two attached hydrogens (primary N) is 1. The highest BCUT2D eigenvalue weighted by Crippen LogP contribution is 2.38. The Kier molecular flexibility index (Phi) is 12.1. The van der Waals surface area contributed by atoms with Crippen LogP contribution in [0.2, 0.25) is 0 Å². The fourth-order valence-electron chi connectivity index (χ4n) is 6.31. The number of esters is 1. The normalized spacial score (nSPS) is 12.2. The minimum absolute atomic E-state index is 0.0355. The van der Waals surface area contributed by atoms with Crippen molar-refractivity contribution in [3.05, 3.63) is 123 Å². The lowest BCUT2D eigenvalue weighted by Gasteiger charge is -2.28. The fourth-order valence-corrected chi connectivity index (χ4v) is 6.31. The van der Waals surface area contributed by atoms with Gasteiger partial charge in [-0.15, -0.1) is 0 Å². The molecule has 1 heterocycles. The molecule has 6 rings (SSSR count). The van der Waals surface area contributed by atoms with Gasteiger partial charge in [-0.3, -0.25) is 10.1 Å². The zero-order chi connectivity index (χ0) is 38.9. The van der Waals surface area contributed by atoms with Gasteiger partial charge in [0.2, 0.25) is 0 Å². The highest BCUT2D eigenvalue weighted by Gasteiger charge is 2.19. The molecule has 12 heteroatoms. The SMILES string of the molecule is CCCOc1cc(-c2ccc(OC(=O)c3ccc(NCOc4cc5c(cc4N)CCCN5C)cc3OC)cc2OC)ccc1/C=C/c1ccc([N+](=O)[O-])cc1. The number of aryl methyl sites for hydroxylation is 1. The van der Waals surface area contributed by atoms with Crippen molar-refractivity contribution in [2.45, 2.75) is 26.2 Å². The maximum absolute atomic E-state index is 13.4. The van der Waals surface area contributed by atoms with E-state index in [2.05, 4.69) is 17.3 Å². The Hall–Kier alpha value is -6.69. The largest absolute Gasteiger partial charge is 0.496 e. The van der Waals surface area contributed by atoms with E-state index in [-0.39, 0.29) is 18.0 Å². The number of nitrogen functional groups attached to an aromatic ring is 1. The third-order valence-electron chi connectivity index (χ3n) is 9.22. The summed E-state index contributed by atoms with van der Waals surface area (Å²) in [6, 6.07) is 26.4. The van der Waals surface area contributed by atoms with Gasteiger partial charge in [0.15, 0.2) is 6.73 Å². The van der Waals surface area contributed by atoms with Gasteiger partial charge in [-0.1, -0.05) is 31.2 Å². The summed E-state index contributed by atoms with van der Waals surface area (Å²) in [5.74, 6) is 1.79. The summed E-state index contributed by atoms with van der Waals surface area (Å²) in [5.41, 5.74) is 13.4. The molecule has 0 saturated carbocycles. The smallest absolute Gasteiger partial charge is 0.347 e. The number of carbonyl (C=O) groups is 1. The summed E-state index contributed by atoms with van der Waals surface area (Å²) in [4.78, 5) is 26.2. The van der Waals surface area contributed by atoms with E-state index in [4.69, 9.17) is 29.4 Å². The first kappa shape index (κ1) is 38.0. The summed E-state index contributed by atoms with van der Waals surface area (Å²) < 4.78 is 29.2. The molecule has 0 amide bonds. The Labute approximate surface area is 320 Å². The lowest BCUT2D eigenvalue weighted by Crippen LogP contribution is -2.25. The number of carbonyl (C=O) groups excluding carboxylic acids is 1. The van der Waals surface area contributed by atoms with E-state index in [1.165, 1.54) is 24.8 Å². The monoisotopic (exact) mass is 744 g/mol. The average Bonchev–Trinajstić information content (AvgIpc) is 3.19. The van der Waals surface area contributed by atoms with Crippen LogP contribution in [-0.2, 0) is 6.42 Å². The van der Waals surface area contributed by atoms with E-state index in [9.17, 15) is 14.9 Å². The van der Waals surface area contributed by atoms with Crippen LogP contribution in [0.4, 0.5) is 22.7 Å². The molecule has 284 valence electrons. The van der Waals surface area contributed by atoms with Crippen molar-refractivity contribution in [2.24, 2.45) is 0 Å². The molecule has 5 aromatic rings. The molecule has 0 bridgehead atoms. The number of hydrogen-bond acceptors (Lipinski definition) is 11. The minimum Gasteiger partial charge on any atom is -0.496 e. The van der Waals surface area contributed by atoms with E-state index in [0.717, 1.165) is 53.7 Å². The fraction of sp³-hybridized carbons (Fsp3) is 0.233. The topological polar surface area (TPSA) is 148 Å². The summed E-state index contributed by atoms with van der Waals surface area (Å²) >= 11 is 0. The van der Waals surface area contributed by atoms with Crippen LogP contribution in [0.5, 0.6) is 28.7 Å². The summed E-state index contributed by atoms with van der Waals surface area (Å²) in [7, 11) is 5.11. The minimum atomic E-state index is -0.597. The number of benzene rings is 5. The van der Waals surface area contributed by atoms with Crippen LogP contribution in [0.1, 0.15) is 46.8 Å². The Bertz CT molecular complexity index is 2200. The zero-order valence-corrected chi connectivity index (χ0v) is 31.3. The molecule has 0 aromatic heterocycles. The third kappa shape index (κ3) is 9.10. The van der Waals surface area contributed by atoms with Crippen LogP contribution in [0, 0.1) is 10.1 Å². The van der Waals surface area contributed by atoms with Crippen molar-refractivity contribution in [2.75, 3.05) is 57.1 Å². The lowest BCUT2D eigenvalue weighted by molar-refractivity contribution is -0.384. The van der Waals surface area contributed by atoms with Crippen molar-refractivity contribution in [1.29, 1.82) is 0 Å². The first-order valence-electron chi connectivity index (χ1n) is 18.0. The Balaban J connectivity index is 1.13. The van der Waals surface area contributed by atoms with Crippen LogP contribution in [-0.4, -0.2) is 52.0 Å². The van der Waals surface area contributed by atoms with Crippen molar-refractivity contribution < 1.29 is 33.4 Å². The second kappa shape index (κ2) is 17.4. The number of nitro groups is 1. The Morgan fingerprint density at radius 2 is 1.69 bits per heavy atom. The van der Waals surface area contributed by atoms with Crippen molar-refractivity contribution in [3.63, 3.8) is 0 Å².